The summed E-state index contributed by atoms with van der Waals surface area (Å²) < 4.78 is 51.7. The van der Waals surface area contributed by atoms with Crippen molar-refractivity contribution in [2.24, 2.45) is 0 Å². The molecule has 1 aromatic carbocycles. The predicted molar refractivity (Wildman–Crippen MR) is 159 cm³/mol. The highest BCUT2D eigenvalue weighted by atomic mass is 32.2. The smallest absolute Gasteiger partial charge is 0.251 e. The molecule has 43 heavy (non-hydrogen) atoms. The molecule has 1 saturated heterocycles. The van der Waals surface area contributed by atoms with Crippen molar-refractivity contribution in [2.45, 2.75) is 56.9 Å². The molecule has 0 radical (unpaired) electrons. The van der Waals surface area contributed by atoms with E-state index in [1.165, 1.54) is 6.07 Å². The van der Waals surface area contributed by atoms with E-state index in [-0.39, 0.29) is 47.1 Å². The number of carbonyl (C=O) groups is 1. The monoisotopic (exact) mass is 605 g/mol. The number of amides is 1. The van der Waals surface area contributed by atoms with Crippen LogP contribution in [-0.4, -0.2) is 66.4 Å². The van der Waals surface area contributed by atoms with Gasteiger partial charge in [0.15, 0.2) is 21.4 Å². The lowest BCUT2D eigenvalue weighted by Crippen LogP contribution is -2.45. The Hall–Kier alpha value is -4.16. The number of rotatable bonds is 5. The SMILES string of the molecule is C[C@@H]1CN(c2cccc(-c3ccc4cnc(CNC(=O)c5cc(F)c6c(c5)S(=O)(=O)CC[C@H](C)O6)cc4n3)n2)C[C@H](C)O1. The van der Waals surface area contributed by atoms with Crippen molar-refractivity contribution in [1.29, 1.82) is 0 Å². The Morgan fingerprint density at radius 3 is 2.58 bits per heavy atom. The van der Waals surface area contributed by atoms with Gasteiger partial charge in [-0.1, -0.05) is 6.07 Å². The lowest BCUT2D eigenvalue weighted by atomic mass is 10.1. The summed E-state index contributed by atoms with van der Waals surface area (Å²) in [5.74, 6) is -1.19. The first-order valence-electron chi connectivity index (χ1n) is 14.2. The van der Waals surface area contributed by atoms with E-state index in [4.69, 9.17) is 19.4 Å². The molecule has 224 valence electrons. The molecule has 0 aliphatic carbocycles. The molecular weight excluding hydrogens is 573 g/mol. The van der Waals surface area contributed by atoms with E-state index in [2.05, 4.69) is 29.0 Å². The molecule has 10 nitrogen and oxygen atoms in total. The van der Waals surface area contributed by atoms with Gasteiger partial charge in [0.05, 0.1) is 53.2 Å². The highest BCUT2D eigenvalue weighted by molar-refractivity contribution is 7.91. The topological polar surface area (TPSA) is 124 Å². The third-order valence-corrected chi connectivity index (χ3v) is 9.27. The van der Waals surface area contributed by atoms with Crippen LogP contribution in [0.2, 0.25) is 0 Å². The van der Waals surface area contributed by atoms with Crippen LogP contribution in [0.1, 0.15) is 43.2 Å². The molecule has 2 aliphatic rings. The van der Waals surface area contributed by atoms with Gasteiger partial charge in [-0.25, -0.2) is 22.8 Å². The van der Waals surface area contributed by atoms with Gasteiger partial charge in [-0.15, -0.1) is 0 Å². The Morgan fingerprint density at radius 1 is 1.02 bits per heavy atom. The number of anilines is 1. The first-order chi connectivity index (χ1) is 20.6. The molecule has 1 amide bonds. The summed E-state index contributed by atoms with van der Waals surface area (Å²) in [4.78, 5) is 28.9. The number of fused-ring (bicyclic) bond motifs is 2. The summed E-state index contributed by atoms with van der Waals surface area (Å²) in [7, 11) is -3.80. The Bertz CT molecular complexity index is 1810. The van der Waals surface area contributed by atoms with Crippen LogP contribution in [0.3, 0.4) is 0 Å². The second kappa shape index (κ2) is 11.5. The van der Waals surface area contributed by atoms with E-state index >= 15 is 0 Å². The van der Waals surface area contributed by atoms with Gasteiger partial charge in [0.25, 0.3) is 5.91 Å². The van der Waals surface area contributed by atoms with Crippen LogP contribution >= 0.6 is 0 Å². The molecule has 2 aliphatic heterocycles. The first kappa shape index (κ1) is 28.9. The number of aromatic nitrogens is 3. The molecule has 0 unspecified atom stereocenters. The van der Waals surface area contributed by atoms with Gasteiger partial charge in [-0.3, -0.25) is 9.78 Å². The first-order valence-corrected chi connectivity index (χ1v) is 15.9. The number of carbonyl (C=O) groups excluding carboxylic acids is 1. The van der Waals surface area contributed by atoms with Crippen LogP contribution in [0.4, 0.5) is 10.2 Å². The second-order valence-electron chi connectivity index (χ2n) is 11.1. The molecule has 0 saturated carbocycles. The van der Waals surface area contributed by atoms with Gasteiger partial charge >= 0.3 is 0 Å². The lowest BCUT2D eigenvalue weighted by Gasteiger charge is -2.36. The van der Waals surface area contributed by atoms with Gasteiger partial charge in [0.1, 0.15) is 10.7 Å². The van der Waals surface area contributed by atoms with Crippen LogP contribution in [-0.2, 0) is 21.1 Å². The third-order valence-electron chi connectivity index (χ3n) is 7.52. The third kappa shape index (κ3) is 6.16. The molecule has 5 heterocycles. The van der Waals surface area contributed by atoms with Crippen molar-refractivity contribution in [1.82, 2.24) is 20.3 Å². The maximum absolute atomic E-state index is 14.9. The number of sulfone groups is 1. The van der Waals surface area contributed by atoms with Crippen LogP contribution in [0.5, 0.6) is 5.75 Å². The average Bonchev–Trinajstić information content (AvgIpc) is 3.10. The summed E-state index contributed by atoms with van der Waals surface area (Å²) in [6, 6.07) is 13.6. The van der Waals surface area contributed by atoms with Crippen molar-refractivity contribution in [3.05, 3.63) is 71.8 Å². The van der Waals surface area contributed by atoms with Crippen LogP contribution in [0, 0.1) is 5.82 Å². The van der Waals surface area contributed by atoms with Crippen molar-refractivity contribution >= 4 is 32.5 Å². The Labute approximate surface area is 249 Å². The van der Waals surface area contributed by atoms with Crippen LogP contribution in [0.25, 0.3) is 22.3 Å². The maximum atomic E-state index is 14.9. The molecule has 3 aromatic heterocycles. The number of morpholine rings is 1. The number of ether oxygens (including phenoxy) is 2. The zero-order valence-corrected chi connectivity index (χ0v) is 24.9. The van der Waals surface area contributed by atoms with E-state index in [0.717, 1.165) is 36.1 Å². The molecule has 0 bridgehead atoms. The summed E-state index contributed by atoms with van der Waals surface area (Å²) in [5.41, 5.74) is 2.52. The average molecular weight is 606 g/mol. The Balaban J connectivity index is 1.21. The normalized spacial score (nSPS) is 21.5. The molecule has 6 rings (SSSR count). The van der Waals surface area contributed by atoms with E-state index in [0.29, 0.717) is 16.9 Å². The molecular formula is C31H32FN5O5S. The molecule has 3 atom stereocenters. The maximum Gasteiger partial charge on any atom is 0.251 e. The van der Waals surface area contributed by atoms with Crippen molar-refractivity contribution in [2.75, 3.05) is 23.7 Å². The summed E-state index contributed by atoms with van der Waals surface area (Å²) >= 11 is 0. The Kier molecular flexibility index (Phi) is 7.74. The number of nitrogens with zero attached hydrogens (tertiary/aromatic N) is 4. The fourth-order valence-electron chi connectivity index (χ4n) is 5.41. The van der Waals surface area contributed by atoms with Crippen molar-refractivity contribution in [3.8, 4) is 17.1 Å². The highest BCUT2D eigenvalue weighted by Crippen LogP contribution is 2.34. The summed E-state index contributed by atoms with van der Waals surface area (Å²) in [5, 5.41) is 3.52. The minimum atomic E-state index is -3.80. The molecule has 1 fully saturated rings. The molecule has 1 N–H and O–H groups in total. The fraction of sp³-hybridized carbons (Fsp3) is 0.355. The van der Waals surface area contributed by atoms with E-state index < -0.39 is 27.7 Å². The highest BCUT2D eigenvalue weighted by Gasteiger charge is 2.30. The molecule has 0 spiro atoms. The van der Waals surface area contributed by atoms with E-state index in [1.807, 2.05) is 30.3 Å². The van der Waals surface area contributed by atoms with Crippen molar-refractivity contribution in [3.63, 3.8) is 0 Å². The van der Waals surface area contributed by atoms with Gasteiger partial charge in [0.2, 0.25) is 0 Å². The predicted octanol–water partition coefficient (Wildman–Crippen LogP) is 4.32. The van der Waals surface area contributed by atoms with E-state index in [9.17, 15) is 17.6 Å². The fourth-order valence-corrected chi connectivity index (χ4v) is 7.01. The van der Waals surface area contributed by atoms with Gasteiger partial charge in [-0.2, -0.15) is 0 Å². The number of nitrogens with one attached hydrogen (secondary N) is 1. The molecule has 4 aromatic rings. The Morgan fingerprint density at radius 2 is 1.79 bits per heavy atom. The van der Waals surface area contributed by atoms with Gasteiger partial charge in [-0.05, 0) is 69.7 Å². The number of halogens is 1. The number of hydrogen-bond donors (Lipinski definition) is 1. The second-order valence-corrected chi connectivity index (χ2v) is 13.2. The van der Waals surface area contributed by atoms with Crippen LogP contribution < -0.4 is 15.0 Å². The number of hydrogen-bond acceptors (Lipinski definition) is 9. The lowest BCUT2D eigenvalue weighted by molar-refractivity contribution is -0.00545. The van der Waals surface area contributed by atoms with E-state index in [1.54, 1.807) is 19.2 Å². The standard InChI is InChI=1S/C31H32FN5O5S/c1-18-9-10-43(39,40)28-12-22(11-24(32)30(28)42-18)31(38)34-15-23-13-27-21(14-33-23)7-8-26(35-27)25-5-4-6-29(36-25)37-16-19(2)41-20(3)17-37/h4-8,11-14,18-20H,9-10,15-17H2,1-3H3,(H,34,38)/t18-,19-,20+/m0/s1. The zero-order valence-electron chi connectivity index (χ0n) is 24.1. The van der Waals surface area contributed by atoms with Crippen molar-refractivity contribution < 1.29 is 27.1 Å². The zero-order chi connectivity index (χ0) is 30.3. The minimum absolute atomic E-state index is 0.0286. The minimum Gasteiger partial charge on any atom is -0.486 e. The van der Waals surface area contributed by atoms with Gasteiger partial charge < -0.3 is 19.7 Å². The van der Waals surface area contributed by atoms with Crippen LogP contribution in [0.15, 0.2) is 59.6 Å². The summed E-state index contributed by atoms with van der Waals surface area (Å²) in [6.07, 6.45) is 1.66. The summed E-state index contributed by atoms with van der Waals surface area (Å²) in [6.45, 7) is 7.33. The quantitative estimate of drug-likeness (QED) is 0.354. The number of pyridine rings is 3. The largest absolute Gasteiger partial charge is 0.486 e. The number of benzene rings is 1. The molecule has 12 heteroatoms. The van der Waals surface area contributed by atoms with Gasteiger partial charge in [0, 0.05) is 30.2 Å².